The van der Waals surface area contributed by atoms with Crippen molar-refractivity contribution in [3.8, 4) is 0 Å². The van der Waals surface area contributed by atoms with E-state index in [1.807, 2.05) is 11.3 Å². The predicted molar refractivity (Wildman–Crippen MR) is 70.4 cm³/mol. The number of likely N-dealkylation sites (N-methyl/N-ethyl adjacent to an activating group) is 1. The molecule has 1 aliphatic heterocycles. The Morgan fingerprint density at radius 1 is 1.38 bits per heavy atom. The first-order valence-corrected chi connectivity index (χ1v) is 6.30. The average molecular weight is 230 g/mol. The summed E-state index contributed by atoms with van der Waals surface area (Å²) in [6.45, 7) is 1.97. The van der Waals surface area contributed by atoms with Crippen molar-refractivity contribution in [1.82, 2.24) is 10.2 Å². The Bertz CT molecular complexity index is 542. The maximum Gasteiger partial charge on any atom is 0.0676 e. The van der Waals surface area contributed by atoms with Crippen LogP contribution in [0.1, 0.15) is 5.56 Å². The van der Waals surface area contributed by atoms with Crippen molar-refractivity contribution in [1.29, 1.82) is 0 Å². The van der Waals surface area contributed by atoms with Crippen LogP contribution in [0.25, 0.3) is 16.2 Å². The van der Waals surface area contributed by atoms with Gasteiger partial charge in [-0.15, -0.1) is 11.3 Å². The molecule has 82 valence electrons. The predicted octanol–water partition coefficient (Wildman–Crippen LogP) is 2.73. The van der Waals surface area contributed by atoms with Gasteiger partial charge in [0, 0.05) is 16.9 Å². The molecule has 1 N–H and O–H groups in total. The van der Waals surface area contributed by atoms with Crippen molar-refractivity contribution in [3.63, 3.8) is 0 Å². The molecule has 0 bridgehead atoms. The van der Waals surface area contributed by atoms with Crippen LogP contribution in [0.4, 0.5) is 0 Å². The normalized spacial score (nSPS) is 19.4. The summed E-state index contributed by atoms with van der Waals surface area (Å²) in [5.74, 6) is 0. The van der Waals surface area contributed by atoms with Crippen LogP contribution in [0.15, 0.2) is 35.3 Å². The highest BCUT2D eigenvalue weighted by Gasteiger charge is 2.11. The molecular weight excluding hydrogens is 216 g/mol. The number of benzene rings is 1. The van der Waals surface area contributed by atoms with Crippen molar-refractivity contribution in [3.05, 3.63) is 40.9 Å². The van der Waals surface area contributed by atoms with Gasteiger partial charge in [0.25, 0.3) is 0 Å². The molecule has 0 unspecified atom stereocenters. The number of hydrogen-bond donors (Lipinski definition) is 1. The molecular formula is C13H14N2S. The van der Waals surface area contributed by atoms with E-state index in [0.717, 1.165) is 13.2 Å². The van der Waals surface area contributed by atoms with Gasteiger partial charge in [0.05, 0.1) is 6.67 Å². The van der Waals surface area contributed by atoms with Crippen molar-refractivity contribution in [2.24, 2.45) is 0 Å². The van der Waals surface area contributed by atoms with Crippen molar-refractivity contribution < 1.29 is 0 Å². The zero-order valence-electron chi connectivity index (χ0n) is 9.23. The van der Waals surface area contributed by atoms with E-state index in [9.17, 15) is 0 Å². The molecule has 0 atom stereocenters. The topological polar surface area (TPSA) is 15.3 Å². The molecule has 1 saturated heterocycles. The van der Waals surface area contributed by atoms with E-state index in [0.29, 0.717) is 0 Å². The van der Waals surface area contributed by atoms with Gasteiger partial charge in [0.1, 0.15) is 0 Å². The van der Waals surface area contributed by atoms with E-state index >= 15 is 0 Å². The average Bonchev–Trinajstić information content (AvgIpc) is 2.87. The van der Waals surface area contributed by atoms with Gasteiger partial charge in [0.2, 0.25) is 0 Å². The van der Waals surface area contributed by atoms with E-state index in [1.165, 1.54) is 21.3 Å². The fourth-order valence-corrected chi connectivity index (χ4v) is 2.95. The first-order valence-electron chi connectivity index (χ1n) is 5.42. The highest BCUT2D eigenvalue weighted by molar-refractivity contribution is 7.17. The number of nitrogens with one attached hydrogen (secondary N) is 1. The molecule has 2 nitrogen and oxygen atoms in total. The lowest BCUT2D eigenvalue weighted by Gasteiger charge is -2.00. The Morgan fingerprint density at radius 2 is 2.25 bits per heavy atom. The smallest absolute Gasteiger partial charge is 0.0676 e. The second-order valence-electron chi connectivity index (χ2n) is 4.21. The number of fused-ring (bicyclic) bond motifs is 1. The maximum atomic E-state index is 3.40. The first-order chi connectivity index (χ1) is 7.83. The van der Waals surface area contributed by atoms with E-state index in [-0.39, 0.29) is 0 Å². The lowest BCUT2D eigenvalue weighted by molar-refractivity contribution is 0.414. The van der Waals surface area contributed by atoms with Gasteiger partial charge in [-0.2, -0.15) is 0 Å². The van der Waals surface area contributed by atoms with Crippen molar-refractivity contribution >= 4 is 27.5 Å². The van der Waals surface area contributed by atoms with Crippen molar-refractivity contribution in [2.45, 2.75) is 0 Å². The van der Waals surface area contributed by atoms with Crippen LogP contribution in [-0.2, 0) is 0 Å². The van der Waals surface area contributed by atoms with Crippen LogP contribution in [0.2, 0.25) is 0 Å². The summed E-state index contributed by atoms with van der Waals surface area (Å²) in [5.41, 5.74) is 2.64. The van der Waals surface area contributed by atoms with Gasteiger partial charge in [0.15, 0.2) is 0 Å². The zero-order chi connectivity index (χ0) is 11.0. The van der Waals surface area contributed by atoms with Crippen LogP contribution in [0, 0.1) is 0 Å². The van der Waals surface area contributed by atoms with Gasteiger partial charge in [-0.25, -0.2) is 0 Å². The third kappa shape index (κ3) is 1.72. The lowest BCUT2D eigenvalue weighted by atomic mass is 10.1. The summed E-state index contributed by atoms with van der Waals surface area (Å²) in [6, 6.07) is 8.57. The second-order valence-corrected chi connectivity index (χ2v) is 5.12. The number of hydrogen-bond acceptors (Lipinski definition) is 3. The van der Waals surface area contributed by atoms with Gasteiger partial charge < -0.3 is 5.32 Å². The SMILES string of the molecule is CN1CN/C(=C\c2csc3ccccc23)C1. The molecule has 0 aliphatic carbocycles. The molecule has 1 aromatic heterocycles. The molecule has 2 heterocycles. The zero-order valence-corrected chi connectivity index (χ0v) is 10.1. The first kappa shape index (κ1) is 9.87. The minimum atomic E-state index is 0.952. The van der Waals surface area contributed by atoms with Gasteiger partial charge >= 0.3 is 0 Å². The maximum absolute atomic E-state index is 3.40. The minimum absolute atomic E-state index is 0.952. The Hall–Kier alpha value is -1.32. The summed E-state index contributed by atoms with van der Waals surface area (Å²) in [5, 5.41) is 6.99. The minimum Gasteiger partial charge on any atom is -0.375 e. The highest BCUT2D eigenvalue weighted by atomic mass is 32.1. The molecule has 1 aliphatic rings. The largest absolute Gasteiger partial charge is 0.375 e. The summed E-state index contributed by atoms with van der Waals surface area (Å²) in [6.07, 6.45) is 2.27. The molecule has 0 saturated carbocycles. The standard InChI is InChI=1S/C13H14N2S/c1-15-7-11(14-9-15)6-10-8-16-13-5-3-2-4-12(10)13/h2-6,8,14H,7,9H2,1H3/b11-6-. The fraction of sp³-hybridized carbons (Fsp3) is 0.231. The van der Waals surface area contributed by atoms with E-state index < -0.39 is 0 Å². The van der Waals surface area contributed by atoms with E-state index in [4.69, 9.17) is 0 Å². The summed E-state index contributed by atoms with van der Waals surface area (Å²) in [7, 11) is 2.12. The third-order valence-corrected chi connectivity index (χ3v) is 3.84. The fourth-order valence-electron chi connectivity index (χ4n) is 2.03. The molecule has 0 radical (unpaired) electrons. The van der Waals surface area contributed by atoms with Gasteiger partial charge in [-0.1, -0.05) is 18.2 Å². The van der Waals surface area contributed by atoms with Crippen LogP contribution < -0.4 is 5.32 Å². The van der Waals surface area contributed by atoms with E-state index in [2.05, 4.69) is 53.0 Å². The number of rotatable bonds is 1. The Balaban J connectivity index is 2.01. The molecule has 0 spiro atoms. The number of nitrogens with zero attached hydrogens (tertiary/aromatic N) is 1. The molecule has 3 rings (SSSR count). The third-order valence-electron chi connectivity index (χ3n) is 2.86. The summed E-state index contributed by atoms with van der Waals surface area (Å²) < 4.78 is 1.36. The van der Waals surface area contributed by atoms with Crippen LogP contribution in [0.3, 0.4) is 0 Å². The van der Waals surface area contributed by atoms with E-state index in [1.54, 1.807) is 0 Å². The van der Waals surface area contributed by atoms with Gasteiger partial charge in [-0.05, 0) is 35.5 Å². The van der Waals surface area contributed by atoms with Crippen LogP contribution in [-0.4, -0.2) is 25.2 Å². The molecule has 2 aromatic rings. The summed E-state index contributed by atoms with van der Waals surface area (Å²) in [4.78, 5) is 2.26. The molecule has 16 heavy (non-hydrogen) atoms. The van der Waals surface area contributed by atoms with Gasteiger partial charge in [-0.3, -0.25) is 4.90 Å². The molecule has 1 aromatic carbocycles. The Labute approximate surface area is 99.2 Å². The number of thiophene rings is 1. The highest BCUT2D eigenvalue weighted by Crippen LogP contribution is 2.27. The summed E-state index contributed by atoms with van der Waals surface area (Å²) >= 11 is 1.81. The lowest BCUT2D eigenvalue weighted by Crippen LogP contribution is -2.15. The van der Waals surface area contributed by atoms with Crippen molar-refractivity contribution in [2.75, 3.05) is 20.3 Å². The monoisotopic (exact) mass is 230 g/mol. The Kier molecular flexibility index (Phi) is 2.42. The second kappa shape index (κ2) is 3.92. The molecule has 1 fully saturated rings. The van der Waals surface area contributed by atoms with Crippen LogP contribution in [0.5, 0.6) is 0 Å². The molecule has 0 amide bonds. The molecule has 3 heteroatoms. The Morgan fingerprint density at radius 3 is 3.06 bits per heavy atom. The van der Waals surface area contributed by atoms with Crippen LogP contribution >= 0.6 is 11.3 Å². The quantitative estimate of drug-likeness (QED) is 0.810.